The molecular weight excluding hydrogens is 434 g/mol. The van der Waals surface area contributed by atoms with Gasteiger partial charge in [-0.15, -0.1) is 0 Å². The summed E-state index contributed by atoms with van der Waals surface area (Å²) in [5.74, 6) is -2.22. The van der Waals surface area contributed by atoms with E-state index in [0.717, 1.165) is 0 Å². The molecule has 11 heteroatoms. The number of aromatic carboxylic acids is 1. The highest BCUT2D eigenvalue weighted by atomic mass is 35.5. The summed E-state index contributed by atoms with van der Waals surface area (Å²) >= 11 is 6.32. The minimum atomic E-state index is -1.18. The van der Waals surface area contributed by atoms with Gasteiger partial charge in [0.1, 0.15) is 30.5 Å². The van der Waals surface area contributed by atoms with Crippen LogP contribution in [0, 0.1) is 0 Å². The number of anilines is 1. The quantitative estimate of drug-likeness (QED) is 0.628. The van der Waals surface area contributed by atoms with Crippen LogP contribution in [0.15, 0.2) is 46.0 Å². The molecule has 3 rings (SSSR count). The largest absolute Gasteiger partial charge is 0.484 e. The Kier molecular flexibility index (Phi) is 6.83. The Bertz CT molecular complexity index is 1040. The highest BCUT2D eigenvalue weighted by Gasteiger charge is 2.32. The highest BCUT2D eigenvalue weighted by Crippen LogP contribution is 2.33. The van der Waals surface area contributed by atoms with Crippen LogP contribution in [0.1, 0.15) is 16.3 Å². The average molecular weight is 452 g/mol. The Morgan fingerprint density at radius 2 is 1.87 bits per heavy atom. The normalized spacial score (nSPS) is 13.7. The van der Waals surface area contributed by atoms with E-state index >= 15 is 0 Å². The molecule has 0 unspecified atom stereocenters. The van der Waals surface area contributed by atoms with Crippen LogP contribution < -0.4 is 9.64 Å². The Hall–Kier alpha value is -3.50. The number of ether oxygens (including phenoxy) is 4. The molecule has 1 aromatic heterocycles. The van der Waals surface area contributed by atoms with Crippen LogP contribution in [0.25, 0.3) is 0 Å². The van der Waals surface area contributed by atoms with Gasteiger partial charge in [-0.2, -0.15) is 0 Å². The fraction of sp³-hybridized carbons (Fsp3) is 0.250. The van der Waals surface area contributed by atoms with Crippen molar-refractivity contribution in [1.82, 2.24) is 0 Å². The molecule has 0 saturated heterocycles. The second kappa shape index (κ2) is 9.54. The van der Waals surface area contributed by atoms with Gasteiger partial charge in [-0.25, -0.2) is 14.4 Å². The van der Waals surface area contributed by atoms with E-state index in [4.69, 9.17) is 40.1 Å². The maximum absolute atomic E-state index is 12.3. The van der Waals surface area contributed by atoms with Gasteiger partial charge in [-0.05, 0) is 30.3 Å². The van der Waals surface area contributed by atoms with Gasteiger partial charge >= 0.3 is 17.9 Å². The van der Waals surface area contributed by atoms with Crippen molar-refractivity contribution < 1.29 is 42.9 Å². The van der Waals surface area contributed by atoms with Crippen LogP contribution in [0.5, 0.6) is 5.75 Å². The van der Waals surface area contributed by atoms with Crippen molar-refractivity contribution in [2.75, 3.05) is 32.5 Å². The Morgan fingerprint density at radius 1 is 1.13 bits per heavy atom. The van der Waals surface area contributed by atoms with Gasteiger partial charge in [0.25, 0.3) is 0 Å². The lowest BCUT2D eigenvalue weighted by atomic mass is 10.1. The van der Waals surface area contributed by atoms with Crippen LogP contribution in [0.3, 0.4) is 0 Å². The first-order valence-electron chi connectivity index (χ1n) is 8.85. The summed E-state index contributed by atoms with van der Waals surface area (Å²) in [6, 6.07) is 7.49. The maximum Gasteiger partial charge on any atom is 0.371 e. The molecule has 1 aromatic carbocycles. The van der Waals surface area contributed by atoms with E-state index in [1.165, 1.54) is 37.3 Å². The second-order valence-electron chi connectivity index (χ2n) is 6.19. The lowest BCUT2D eigenvalue weighted by Crippen LogP contribution is -2.38. The number of methoxy groups -OCH3 is 2. The SMILES string of the molecule is COC(=O)C1=C(C(=O)OC)N(c2ccc(OCc3ccc(C(=O)O)o3)c(Cl)c2)COC1. The molecule has 0 radical (unpaired) electrons. The Balaban J connectivity index is 1.84. The number of carboxylic acids is 1. The first-order chi connectivity index (χ1) is 14.8. The van der Waals surface area contributed by atoms with Crippen LogP contribution in [-0.4, -0.2) is 50.6 Å². The second-order valence-corrected chi connectivity index (χ2v) is 6.60. The minimum Gasteiger partial charge on any atom is -0.484 e. The first-order valence-corrected chi connectivity index (χ1v) is 9.23. The molecule has 1 aliphatic heterocycles. The number of hydrogen-bond donors (Lipinski definition) is 1. The van der Waals surface area contributed by atoms with E-state index in [-0.39, 0.29) is 42.0 Å². The van der Waals surface area contributed by atoms with Gasteiger partial charge in [0, 0.05) is 5.69 Å². The summed E-state index contributed by atoms with van der Waals surface area (Å²) in [4.78, 5) is 36.7. The number of carbonyl (C=O) groups excluding carboxylic acids is 2. The third-order valence-corrected chi connectivity index (χ3v) is 4.60. The van der Waals surface area contributed by atoms with E-state index < -0.39 is 17.9 Å². The summed E-state index contributed by atoms with van der Waals surface area (Å²) in [7, 11) is 2.40. The third kappa shape index (κ3) is 4.81. The number of hydrogen-bond acceptors (Lipinski definition) is 9. The van der Waals surface area contributed by atoms with Gasteiger partial charge in [0.05, 0.1) is 31.4 Å². The van der Waals surface area contributed by atoms with Gasteiger partial charge in [0.2, 0.25) is 5.76 Å². The van der Waals surface area contributed by atoms with Crippen molar-refractivity contribution in [3.05, 3.63) is 58.1 Å². The molecule has 0 atom stereocenters. The molecule has 0 fully saturated rings. The molecule has 10 nitrogen and oxygen atoms in total. The van der Waals surface area contributed by atoms with Gasteiger partial charge in [-0.3, -0.25) is 0 Å². The van der Waals surface area contributed by atoms with Crippen molar-refractivity contribution in [1.29, 1.82) is 0 Å². The van der Waals surface area contributed by atoms with Gasteiger partial charge in [0.15, 0.2) is 0 Å². The fourth-order valence-electron chi connectivity index (χ4n) is 2.84. The summed E-state index contributed by atoms with van der Waals surface area (Å²) in [6.07, 6.45) is 0. The molecule has 164 valence electrons. The number of carboxylic acid groups (broad SMARTS) is 1. The molecule has 2 heterocycles. The minimum absolute atomic E-state index is 0.0119. The summed E-state index contributed by atoms with van der Waals surface area (Å²) in [5.41, 5.74) is 0.455. The zero-order chi connectivity index (χ0) is 22.5. The van der Waals surface area contributed by atoms with Crippen molar-refractivity contribution in [3.63, 3.8) is 0 Å². The number of nitrogens with zero attached hydrogens (tertiary/aromatic N) is 1. The molecule has 0 saturated carbocycles. The zero-order valence-electron chi connectivity index (χ0n) is 16.5. The lowest BCUT2D eigenvalue weighted by Gasteiger charge is -2.31. The van der Waals surface area contributed by atoms with Gasteiger partial charge in [-0.1, -0.05) is 11.6 Å². The molecular formula is C20H18ClNO9. The molecule has 31 heavy (non-hydrogen) atoms. The molecule has 0 amide bonds. The van der Waals surface area contributed by atoms with Gasteiger partial charge < -0.3 is 33.4 Å². The molecule has 1 N–H and O–H groups in total. The number of furan rings is 1. The molecule has 0 aliphatic carbocycles. The number of carbonyl (C=O) groups is 3. The molecule has 0 spiro atoms. The zero-order valence-corrected chi connectivity index (χ0v) is 17.3. The predicted molar refractivity (Wildman–Crippen MR) is 106 cm³/mol. The monoisotopic (exact) mass is 451 g/mol. The van der Waals surface area contributed by atoms with Crippen molar-refractivity contribution in [3.8, 4) is 5.75 Å². The van der Waals surface area contributed by atoms with Crippen molar-refractivity contribution >= 4 is 35.2 Å². The third-order valence-electron chi connectivity index (χ3n) is 4.30. The Morgan fingerprint density at radius 3 is 2.48 bits per heavy atom. The Labute approximate surface area is 181 Å². The van der Waals surface area contributed by atoms with E-state index in [9.17, 15) is 14.4 Å². The smallest absolute Gasteiger partial charge is 0.371 e. The first kappa shape index (κ1) is 22.2. The topological polar surface area (TPSA) is 125 Å². The standard InChI is InChI=1S/C20H18ClNO9/c1-27-19(25)13-9-29-10-22(17(13)20(26)28-2)11-3-5-15(14(21)7-11)30-8-12-4-6-16(31-12)18(23)24/h3-7H,8-10H2,1-2H3,(H,23,24). The average Bonchev–Trinajstić information content (AvgIpc) is 3.26. The van der Waals surface area contributed by atoms with Crippen LogP contribution in [0.4, 0.5) is 5.69 Å². The van der Waals surface area contributed by atoms with Crippen LogP contribution in [-0.2, 0) is 30.4 Å². The van der Waals surface area contributed by atoms with E-state index in [1.54, 1.807) is 12.1 Å². The van der Waals surface area contributed by atoms with Crippen molar-refractivity contribution in [2.24, 2.45) is 0 Å². The van der Waals surface area contributed by atoms with Crippen LogP contribution >= 0.6 is 11.6 Å². The lowest BCUT2D eigenvalue weighted by molar-refractivity contribution is -0.140. The summed E-state index contributed by atoms with van der Waals surface area (Å²) in [5, 5.41) is 9.10. The number of halogens is 1. The molecule has 0 bridgehead atoms. The summed E-state index contributed by atoms with van der Waals surface area (Å²) < 4.78 is 25.7. The molecule has 1 aliphatic rings. The summed E-state index contributed by atoms with van der Waals surface area (Å²) in [6.45, 7) is -0.172. The van der Waals surface area contributed by atoms with E-state index in [1.807, 2.05) is 0 Å². The van der Waals surface area contributed by atoms with E-state index in [2.05, 4.69) is 0 Å². The van der Waals surface area contributed by atoms with Crippen LogP contribution in [0.2, 0.25) is 5.02 Å². The predicted octanol–water partition coefficient (Wildman–Crippen LogP) is 2.60. The number of esters is 2. The number of benzene rings is 1. The van der Waals surface area contributed by atoms with Crippen molar-refractivity contribution in [2.45, 2.75) is 6.61 Å². The maximum atomic E-state index is 12.3. The highest BCUT2D eigenvalue weighted by molar-refractivity contribution is 6.32. The molecule has 2 aromatic rings. The number of rotatable bonds is 7. The van der Waals surface area contributed by atoms with E-state index in [0.29, 0.717) is 17.2 Å². The fourth-order valence-corrected chi connectivity index (χ4v) is 3.07.